The van der Waals surface area contributed by atoms with Crippen LogP contribution < -0.4 is 5.32 Å². The van der Waals surface area contributed by atoms with Crippen LogP contribution in [0, 0.1) is 6.92 Å². The molecule has 1 N–H and O–H groups in total. The first-order valence-corrected chi connectivity index (χ1v) is 12.2. The third-order valence-corrected chi connectivity index (χ3v) is 7.27. The van der Waals surface area contributed by atoms with Crippen molar-refractivity contribution in [3.63, 3.8) is 0 Å². The van der Waals surface area contributed by atoms with Crippen molar-refractivity contribution in [3.8, 4) is 0 Å². The fourth-order valence-corrected chi connectivity index (χ4v) is 4.93. The van der Waals surface area contributed by atoms with E-state index >= 15 is 0 Å². The summed E-state index contributed by atoms with van der Waals surface area (Å²) in [4.78, 5) is 13.0. The number of amides is 1. The van der Waals surface area contributed by atoms with Crippen LogP contribution >= 0.6 is 23.2 Å². The summed E-state index contributed by atoms with van der Waals surface area (Å²) in [6, 6.07) is 20.3. The van der Waals surface area contributed by atoms with Gasteiger partial charge in [-0.2, -0.15) is 4.31 Å². The molecule has 168 valence electrons. The van der Waals surface area contributed by atoms with E-state index in [-0.39, 0.29) is 24.0 Å². The minimum absolute atomic E-state index is 0.0134. The Balaban J connectivity index is 1.83. The van der Waals surface area contributed by atoms with Gasteiger partial charge in [0.1, 0.15) is 0 Å². The number of carbonyl (C=O) groups is 1. The van der Waals surface area contributed by atoms with Crippen LogP contribution in [0.5, 0.6) is 0 Å². The Bertz CT molecular complexity index is 1180. The van der Waals surface area contributed by atoms with Gasteiger partial charge in [0.2, 0.25) is 15.9 Å². The molecule has 8 heteroatoms. The molecular weight excluding hydrogens is 467 g/mol. The maximum atomic E-state index is 13.4. The maximum absolute atomic E-state index is 13.4. The molecule has 3 rings (SSSR count). The first-order valence-electron chi connectivity index (χ1n) is 10.0. The van der Waals surface area contributed by atoms with E-state index in [0.29, 0.717) is 15.6 Å². The van der Waals surface area contributed by atoms with Crippen molar-refractivity contribution in [2.24, 2.45) is 0 Å². The summed E-state index contributed by atoms with van der Waals surface area (Å²) < 4.78 is 27.9. The Morgan fingerprint density at radius 1 is 0.969 bits per heavy atom. The van der Waals surface area contributed by atoms with Crippen molar-refractivity contribution < 1.29 is 13.2 Å². The standard InChI is InChI=1S/C24H24Cl2N2O3S/c1-17-6-12-23(13-7-17)32(30,31)28(15-19-4-3-5-22(26)14-19)16-24(29)27-18(2)20-8-10-21(25)11-9-20/h3-14,18H,15-16H2,1-2H3,(H,27,29). The summed E-state index contributed by atoms with van der Waals surface area (Å²) in [7, 11) is -3.92. The number of halogens is 2. The summed E-state index contributed by atoms with van der Waals surface area (Å²) in [5, 5.41) is 3.96. The lowest BCUT2D eigenvalue weighted by atomic mass is 10.1. The molecule has 0 radical (unpaired) electrons. The number of hydrogen-bond donors (Lipinski definition) is 1. The van der Waals surface area contributed by atoms with Gasteiger partial charge in [-0.1, -0.05) is 65.2 Å². The van der Waals surface area contributed by atoms with Crippen molar-refractivity contribution >= 4 is 39.1 Å². The van der Waals surface area contributed by atoms with Gasteiger partial charge in [-0.25, -0.2) is 8.42 Å². The van der Waals surface area contributed by atoms with Crippen molar-refractivity contribution in [1.29, 1.82) is 0 Å². The molecule has 0 bridgehead atoms. The average Bonchev–Trinajstić information content (AvgIpc) is 2.74. The summed E-state index contributed by atoms with van der Waals surface area (Å²) >= 11 is 12.0. The lowest BCUT2D eigenvalue weighted by Gasteiger charge is -2.23. The Kier molecular flexibility index (Phi) is 7.96. The molecule has 0 spiro atoms. The number of sulfonamides is 1. The number of carbonyl (C=O) groups excluding carboxylic acids is 1. The topological polar surface area (TPSA) is 66.5 Å². The molecule has 5 nitrogen and oxygen atoms in total. The van der Waals surface area contributed by atoms with Crippen molar-refractivity contribution in [2.45, 2.75) is 31.3 Å². The van der Waals surface area contributed by atoms with Crippen LogP contribution in [0.1, 0.15) is 29.7 Å². The third-order valence-electron chi connectivity index (χ3n) is 4.97. The second kappa shape index (κ2) is 10.5. The quantitative estimate of drug-likeness (QED) is 0.461. The van der Waals surface area contributed by atoms with Crippen LogP contribution in [0.3, 0.4) is 0 Å². The smallest absolute Gasteiger partial charge is 0.243 e. The average molecular weight is 491 g/mol. The van der Waals surface area contributed by atoms with E-state index in [1.54, 1.807) is 60.7 Å². The molecule has 0 saturated carbocycles. The molecular formula is C24H24Cl2N2O3S. The van der Waals surface area contributed by atoms with Crippen LogP contribution in [0.25, 0.3) is 0 Å². The van der Waals surface area contributed by atoms with Gasteiger partial charge in [0.05, 0.1) is 17.5 Å². The van der Waals surface area contributed by atoms with Gasteiger partial charge < -0.3 is 5.32 Å². The molecule has 0 aliphatic carbocycles. The highest BCUT2D eigenvalue weighted by molar-refractivity contribution is 7.89. The normalized spacial score (nSPS) is 12.5. The Labute approximate surface area is 199 Å². The molecule has 0 saturated heterocycles. The van der Waals surface area contributed by atoms with E-state index in [9.17, 15) is 13.2 Å². The first kappa shape index (κ1) is 24.3. The summed E-state index contributed by atoms with van der Waals surface area (Å²) in [6.45, 7) is 3.39. The van der Waals surface area contributed by atoms with Crippen molar-refractivity contribution in [3.05, 3.63) is 99.5 Å². The number of benzene rings is 3. The van der Waals surface area contributed by atoms with Gasteiger partial charge >= 0.3 is 0 Å². The second-order valence-electron chi connectivity index (χ2n) is 7.56. The molecule has 0 aliphatic rings. The zero-order chi connectivity index (χ0) is 23.3. The molecule has 1 amide bonds. The highest BCUT2D eigenvalue weighted by atomic mass is 35.5. The number of rotatable bonds is 8. The molecule has 0 fully saturated rings. The molecule has 0 heterocycles. The lowest BCUT2D eigenvalue weighted by molar-refractivity contribution is -0.122. The van der Waals surface area contributed by atoms with Gasteiger partial charge in [-0.05, 0) is 61.4 Å². The molecule has 1 unspecified atom stereocenters. The van der Waals surface area contributed by atoms with E-state index in [2.05, 4.69) is 5.32 Å². The summed E-state index contributed by atoms with van der Waals surface area (Å²) in [5.41, 5.74) is 2.50. The van der Waals surface area contributed by atoms with E-state index in [0.717, 1.165) is 15.4 Å². The Morgan fingerprint density at radius 3 is 2.25 bits per heavy atom. The number of nitrogens with zero attached hydrogens (tertiary/aromatic N) is 1. The summed E-state index contributed by atoms with van der Waals surface area (Å²) in [6.07, 6.45) is 0. The van der Waals surface area contributed by atoms with Crippen LogP contribution in [0.4, 0.5) is 0 Å². The van der Waals surface area contributed by atoms with Crippen molar-refractivity contribution in [2.75, 3.05) is 6.54 Å². The Morgan fingerprint density at radius 2 is 1.62 bits per heavy atom. The Hall–Kier alpha value is -2.38. The predicted octanol–water partition coefficient (Wildman–Crippen LogP) is 5.37. The molecule has 1 atom stereocenters. The van der Waals surface area contributed by atoms with Crippen molar-refractivity contribution in [1.82, 2.24) is 9.62 Å². The first-order chi connectivity index (χ1) is 15.1. The largest absolute Gasteiger partial charge is 0.348 e. The highest BCUT2D eigenvalue weighted by Crippen LogP contribution is 2.21. The van der Waals surface area contributed by atoms with Crippen LogP contribution in [0.2, 0.25) is 10.0 Å². The highest BCUT2D eigenvalue weighted by Gasteiger charge is 2.27. The molecule has 0 aromatic heterocycles. The SMILES string of the molecule is Cc1ccc(S(=O)(=O)N(CC(=O)NC(C)c2ccc(Cl)cc2)Cc2cccc(Cl)c2)cc1. The van der Waals surface area contributed by atoms with Gasteiger partial charge in [0.25, 0.3) is 0 Å². The monoisotopic (exact) mass is 490 g/mol. The molecule has 3 aromatic rings. The van der Waals surface area contributed by atoms with Crippen LogP contribution in [-0.4, -0.2) is 25.2 Å². The van der Waals surface area contributed by atoms with E-state index in [1.807, 2.05) is 26.0 Å². The van der Waals surface area contributed by atoms with Crippen LogP contribution in [0.15, 0.2) is 77.7 Å². The summed E-state index contributed by atoms with van der Waals surface area (Å²) in [5.74, 6) is -0.412. The van der Waals surface area contributed by atoms with Gasteiger partial charge in [0.15, 0.2) is 0 Å². The van der Waals surface area contributed by atoms with E-state index in [4.69, 9.17) is 23.2 Å². The third kappa shape index (κ3) is 6.33. The van der Waals surface area contributed by atoms with Crippen LogP contribution in [-0.2, 0) is 21.4 Å². The van der Waals surface area contributed by atoms with Gasteiger partial charge in [-0.15, -0.1) is 0 Å². The minimum atomic E-state index is -3.92. The fraction of sp³-hybridized carbons (Fsp3) is 0.208. The lowest BCUT2D eigenvalue weighted by Crippen LogP contribution is -2.41. The number of aryl methyl sites for hydroxylation is 1. The van der Waals surface area contributed by atoms with Gasteiger partial charge in [0, 0.05) is 16.6 Å². The molecule has 32 heavy (non-hydrogen) atoms. The fourth-order valence-electron chi connectivity index (χ4n) is 3.21. The van der Waals surface area contributed by atoms with E-state index < -0.39 is 15.9 Å². The molecule has 3 aromatic carbocycles. The van der Waals surface area contributed by atoms with Gasteiger partial charge in [-0.3, -0.25) is 4.79 Å². The minimum Gasteiger partial charge on any atom is -0.348 e. The zero-order valence-corrected chi connectivity index (χ0v) is 20.1. The van der Waals surface area contributed by atoms with E-state index in [1.165, 1.54) is 0 Å². The predicted molar refractivity (Wildman–Crippen MR) is 128 cm³/mol. The number of nitrogens with one attached hydrogen (secondary N) is 1. The molecule has 0 aliphatic heterocycles. The maximum Gasteiger partial charge on any atom is 0.243 e. The second-order valence-corrected chi connectivity index (χ2v) is 10.4. The zero-order valence-electron chi connectivity index (χ0n) is 17.8. The number of hydrogen-bond acceptors (Lipinski definition) is 3.